The molecule has 0 bridgehead atoms. The number of fused-ring (bicyclic) bond motifs is 1. The van der Waals surface area contributed by atoms with Crippen molar-refractivity contribution in [2.45, 2.75) is 58.1 Å². The van der Waals surface area contributed by atoms with E-state index in [0.29, 0.717) is 0 Å². The molecular formula is C24H29FNO5P. The minimum Gasteiger partial charge on any atom is -0.481 e. The zero-order valence-electron chi connectivity index (χ0n) is 18.4. The maximum atomic E-state index is 13.5. The van der Waals surface area contributed by atoms with Crippen LogP contribution in [0.1, 0.15) is 56.0 Å². The van der Waals surface area contributed by atoms with Gasteiger partial charge in [0.2, 0.25) is 0 Å². The molecule has 1 unspecified atom stereocenters. The van der Waals surface area contributed by atoms with Crippen LogP contribution in [0.4, 0.5) is 4.39 Å². The maximum Gasteiger partial charge on any atom is 0.305 e. The second-order valence-corrected chi connectivity index (χ2v) is 9.71. The Bertz CT molecular complexity index is 1050. The highest BCUT2D eigenvalue weighted by Crippen LogP contribution is 2.38. The van der Waals surface area contributed by atoms with E-state index >= 15 is 0 Å². The van der Waals surface area contributed by atoms with Crippen LogP contribution in [0.2, 0.25) is 0 Å². The number of halogens is 1. The topological polar surface area (TPSA) is 88.8 Å². The van der Waals surface area contributed by atoms with E-state index in [1.807, 2.05) is 0 Å². The molecule has 0 fully saturated rings. The number of carbonyl (C=O) groups is 1. The number of carboxylic acid groups (broad SMARTS) is 1. The second-order valence-electron chi connectivity index (χ2n) is 8.27. The van der Waals surface area contributed by atoms with Crippen LogP contribution in [0.3, 0.4) is 0 Å². The summed E-state index contributed by atoms with van der Waals surface area (Å²) in [5.41, 5.74) is 5.17. The van der Waals surface area contributed by atoms with Gasteiger partial charge < -0.3 is 19.3 Å². The molecule has 0 aliphatic carbocycles. The van der Waals surface area contributed by atoms with Gasteiger partial charge in [0.15, 0.2) is 8.03 Å². The minimum atomic E-state index is -2.59. The number of aliphatic hydroxyl groups is 1. The summed E-state index contributed by atoms with van der Waals surface area (Å²) in [5, 5.41) is 18.3. The number of nitrogens with zero attached hydrogens (tertiary/aromatic N) is 1. The van der Waals surface area contributed by atoms with Crippen molar-refractivity contribution >= 4 is 14.0 Å². The lowest BCUT2D eigenvalue weighted by Gasteiger charge is -2.20. The molecule has 172 valence electrons. The number of benzene rings is 1. The Morgan fingerprint density at radius 3 is 2.66 bits per heavy atom. The van der Waals surface area contributed by atoms with Gasteiger partial charge in [0.25, 0.3) is 0 Å². The van der Waals surface area contributed by atoms with Crippen molar-refractivity contribution in [3.8, 4) is 23.0 Å². The summed E-state index contributed by atoms with van der Waals surface area (Å²) >= 11 is 0. The fraction of sp³-hybridized carbons (Fsp3) is 0.458. The third kappa shape index (κ3) is 5.89. The monoisotopic (exact) mass is 461 g/mol. The molecule has 1 aromatic heterocycles. The molecular weight excluding hydrogens is 432 g/mol. The molecule has 0 amide bonds. The van der Waals surface area contributed by atoms with Crippen LogP contribution in [0.5, 0.6) is 0 Å². The van der Waals surface area contributed by atoms with Crippen molar-refractivity contribution in [3.63, 3.8) is 0 Å². The molecule has 8 heteroatoms. The van der Waals surface area contributed by atoms with E-state index in [9.17, 15) is 18.9 Å². The van der Waals surface area contributed by atoms with Crippen LogP contribution in [0.25, 0.3) is 11.1 Å². The molecule has 0 spiro atoms. The quantitative estimate of drug-likeness (QED) is 0.449. The van der Waals surface area contributed by atoms with E-state index in [1.54, 1.807) is 12.1 Å². The van der Waals surface area contributed by atoms with E-state index in [4.69, 9.17) is 9.63 Å². The van der Waals surface area contributed by atoms with Crippen LogP contribution in [0, 0.1) is 17.7 Å². The zero-order valence-corrected chi connectivity index (χ0v) is 19.4. The normalized spacial score (nSPS) is 15.0. The first kappa shape index (κ1) is 24.3. The van der Waals surface area contributed by atoms with Gasteiger partial charge >= 0.3 is 5.97 Å². The van der Waals surface area contributed by atoms with E-state index in [1.165, 1.54) is 17.8 Å². The van der Waals surface area contributed by atoms with Gasteiger partial charge in [-0.15, -0.1) is 0 Å². The lowest BCUT2D eigenvalue weighted by Crippen LogP contribution is -2.15. The molecule has 1 aromatic carbocycles. The number of aromatic nitrogens is 1. The minimum absolute atomic E-state index is 0.0848. The van der Waals surface area contributed by atoms with Crippen molar-refractivity contribution in [1.82, 2.24) is 4.57 Å². The van der Waals surface area contributed by atoms with Crippen molar-refractivity contribution in [2.24, 2.45) is 0 Å². The molecule has 0 saturated heterocycles. The Hall–Kier alpha value is -2.39. The average molecular weight is 461 g/mol. The number of rotatable bonds is 8. The number of hydrogen-bond acceptors (Lipinski definition) is 4. The average Bonchev–Trinajstić information content (AvgIpc) is 3.05. The van der Waals surface area contributed by atoms with Gasteiger partial charge in [-0.1, -0.05) is 37.8 Å². The van der Waals surface area contributed by atoms with Gasteiger partial charge in [-0.25, -0.2) is 4.39 Å². The van der Waals surface area contributed by atoms with Crippen LogP contribution in [0.15, 0.2) is 24.3 Å². The first-order valence-corrected chi connectivity index (χ1v) is 12.4. The fourth-order valence-electron chi connectivity index (χ4n) is 4.19. The summed E-state index contributed by atoms with van der Waals surface area (Å²) in [5.74, 6) is 4.94. The first-order valence-electron chi connectivity index (χ1n) is 10.8. The highest BCUT2D eigenvalue weighted by Gasteiger charge is 2.26. The largest absolute Gasteiger partial charge is 0.481 e. The van der Waals surface area contributed by atoms with Gasteiger partial charge in [0.1, 0.15) is 12.4 Å². The Labute approximate surface area is 188 Å². The number of hydrogen-bond donors (Lipinski definition) is 2. The summed E-state index contributed by atoms with van der Waals surface area (Å²) in [6.07, 6.45) is 1.23. The van der Waals surface area contributed by atoms with Crippen LogP contribution in [-0.4, -0.2) is 39.6 Å². The lowest BCUT2D eigenvalue weighted by molar-refractivity contribution is -0.138. The standard InChI is InChI=1S/C24H29FNO5P/c1-16(2)24-20(6-5-13-31-32(30)15-19(27)14-22(28)29)23(17-8-10-18(25)11-9-17)21-7-3-4-12-26(21)24/h8-11,16,19,27,32H,3-4,7,12-15H2,1-2H3,(H,28,29)/t19-/m0/s1. The predicted molar refractivity (Wildman–Crippen MR) is 122 cm³/mol. The third-order valence-corrected chi connectivity index (χ3v) is 6.74. The predicted octanol–water partition coefficient (Wildman–Crippen LogP) is 4.43. The van der Waals surface area contributed by atoms with Gasteiger partial charge in [0, 0.05) is 29.7 Å². The van der Waals surface area contributed by atoms with Crippen molar-refractivity contribution < 1.29 is 28.5 Å². The maximum absolute atomic E-state index is 13.5. The Kier molecular flexibility index (Phi) is 8.31. The third-order valence-electron chi connectivity index (χ3n) is 5.47. The van der Waals surface area contributed by atoms with E-state index < -0.39 is 26.5 Å². The summed E-state index contributed by atoms with van der Waals surface area (Å²) < 4.78 is 33.1. The van der Waals surface area contributed by atoms with Crippen molar-refractivity contribution in [2.75, 3.05) is 12.8 Å². The molecule has 2 heterocycles. The Balaban J connectivity index is 1.88. The SMILES string of the molecule is CC(C)c1c(C#CCO[PH](=O)C[C@@H](O)CC(=O)O)c(-c2ccc(F)cc2)c2n1CCCC2. The van der Waals surface area contributed by atoms with E-state index in [-0.39, 0.29) is 24.5 Å². The number of aliphatic hydroxyl groups excluding tert-OH is 1. The van der Waals surface area contributed by atoms with E-state index in [0.717, 1.165) is 48.2 Å². The highest BCUT2D eigenvalue weighted by atomic mass is 31.1. The highest BCUT2D eigenvalue weighted by molar-refractivity contribution is 7.39. The molecule has 2 N–H and O–H groups in total. The summed E-state index contributed by atoms with van der Waals surface area (Å²) in [6, 6.07) is 6.45. The zero-order chi connectivity index (χ0) is 23.3. The van der Waals surface area contributed by atoms with Crippen LogP contribution < -0.4 is 0 Å². The van der Waals surface area contributed by atoms with Crippen LogP contribution >= 0.6 is 8.03 Å². The van der Waals surface area contributed by atoms with Gasteiger partial charge in [0.05, 0.1) is 18.1 Å². The second kappa shape index (κ2) is 11.0. The Morgan fingerprint density at radius 1 is 1.28 bits per heavy atom. The molecule has 2 atom stereocenters. The van der Waals surface area contributed by atoms with Gasteiger partial charge in [-0.2, -0.15) is 0 Å². The summed E-state index contributed by atoms with van der Waals surface area (Å²) in [7, 11) is -2.59. The van der Waals surface area contributed by atoms with E-state index in [2.05, 4.69) is 30.3 Å². The molecule has 0 saturated carbocycles. The first-order chi connectivity index (χ1) is 15.3. The Morgan fingerprint density at radius 2 is 2.00 bits per heavy atom. The number of carboxylic acids is 1. The molecule has 32 heavy (non-hydrogen) atoms. The van der Waals surface area contributed by atoms with Crippen molar-refractivity contribution in [3.05, 3.63) is 47.0 Å². The molecule has 6 nitrogen and oxygen atoms in total. The fourth-order valence-corrected chi connectivity index (χ4v) is 5.07. The summed E-state index contributed by atoms with van der Waals surface area (Å²) in [4.78, 5) is 10.6. The lowest BCUT2D eigenvalue weighted by atomic mass is 9.96. The molecule has 0 radical (unpaired) electrons. The van der Waals surface area contributed by atoms with Gasteiger partial charge in [-0.05, 0) is 42.9 Å². The number of aliphatic carboxylic acids is 1. The smallest absolute Gasteiger partial charge is 0.305 e. The molecule has 1 aliphatic heterocycles. The molecule has 2 aromatic rings. The molecule has 3 rings (SSSR count). The van der Waals surface area contributed by atoms with Gasteiger partial charge in [-0.3, -0.25) is 9.36 Å². The van der Waals surface area contributed by atoms with Crippen molar-refractivity contribution in [1.29, 1.82) is 0 Å². The molecule has 1 aliphatic rings. The van der Waals surface area contributed by atoms with Crippen LogP contribution in [-0.2, 0) is 26.8 Å². The summed E-state index contributed by atoms with van der Waals surface area (Å²) in [6.45, 7) is 5.08.